The van der Waals surface area contributed by atoms with E-state index >= 15 is 0 Å². The zero-order valence-corrected chi connectivity index (χ0v) is 9.13. The number of thioether (sulfide) groups is 1. The van der Waals surface area contributed by atoms with Gasteiger partial charge < -0.3 is 9.67 Å². The molecule has 2 rings (SSSR count). The van der Waals surface area contributed by atoms with E-state index < -0.39 is 11.5 Å². The lowest BCUT2D eigenvalue weighted by molar-refractivity contribution is 0.0694. The molecular weight excluding hydrogens is 214 g/mol. The van der Waals surface area contributed by atoms with Gasteiger partial charge in [-0.2, -0.15) is 11.8 Å². The predicted octanol–water partition coefficient (Wildman–Crippen LogP) is 0.873. The van der Waals surface area contributed by atoms with Crippen LogP contribution in [-0.4, -0.2) is 21.4 Å². The normalized spacial score (nSPS) is 14.7. The first-order valence-corrected chi connectivity index (χ1v) is 5.79. The van der Waals surface area contributed by atoms with Gasteiger partial charge in [0.05, 0.1) is 0 Å². The van der Waals surface area contributed by atoms with E-state index in [1.165, 1.54) is 10.6 Å². The lowest BCUT2D eigenvalue weighted by Gasteiger charge is -2.18. The van der Waals surface area contributed by atoms with Crippen molar-refractivity contribution < 1.29 is 9.90 Å². The number of pyridine rings is 1. The molecule has 5 heteroatoms. The monoisotopic (exact) mass is 225 g/mol. The molecule has 2 heterocycles. The standard InChI is InChI=1S/C10H11NO3S/c1-11-8-5-15-3-2-6(8)4-7(9(11)12)10(13)14/h4H,2-3,5H2,1H3,(H,13,14). The SMILES string of the molecule is Cn1c2c(cc(C(=O)O)c1=O)CCSC2. The summed E-state index contributed by atoms with van der Waals surface area (Å²) >= 11 is 1.77. The van der Waals surface area contributed by atoms with Crippen molar-refractivity contribution >= 4 is 17.7 Å². The van der Waals surface area contributed by atoms with Gasteiger partial charge in [-0.25, -0.2) is 4.79 Å². The number of aromatic nitrogens is 1. The van der Waals surface area contributed by atoms with Gasteiger partial charge >= 0.3 is 5.97 Å². The molecule has 0 fully saturated rings. The van der Waals surface area contributed by atoms with Crippen molar-refractivity contribution in [3.63, 3.8) is 0 Å². The Morgan fingerprint density at radius 3 is 3.00 bits per heavy atom. The highest BCUT2D eigenvalue weighted by atomic mass is 32.2. The largest absolute Gasteiger partial charge is 0.477 e. The molecule has 0 aliphatic carbocycles. The molecule has 1 N–H and O–H groups in total. The van der Waals surface area contributed by atoms with Crippen LogP contribution in [0.3, 0.4) is 0 Å². The number of carboxylic acids is 1. The fraction of sp³-hybridized carbons (Fsp3) is 0.400. The first-order valence-electron chi connectivity index (χ1n) is 4.64. The number of hydrogen-bond acceptors (Lipinski definition) is 3. The Kier molecular flexibility index (Phi) is 2.56. The molecular formula is C10H11NO3S. The summed E-state index contributed by atoms with van der Waals surface area (Å²) in [4.78, 5) is 22.5. The van der Waals surface area contributed by atoms with Crippen LogP contribution in [-0.2, 0) is 19.2 Å². The predicted molar refractivity (Wildman–Crippen MR) is 58.5 cm³/mol. The molecule has 1 aromatic rings. The number of hydrogen-bond donors (Lipinski definition) is 1. The van der Waals surface area contributed by atoms with Gasteiger partial charge in [0, 0.05) is 18.5 Å². The van der Waals surface area contributed by atoms with E-state index in [9.17, 15) is 9.59 Å². The van der Waals surface area contributed by atoms with Crippen LogP contribution in [0.1, 0.15) is 21.6 Å². The Morgan fingerprint density at radius 2 is 2.33 bits per heavy atom. The van der Waals surface area contributed by atoms with Crippen LogP contribution in [0.15, 0.2) is 10.9 Å². The first kappa shape index (κ1) is 10.3. The summed E-state index contributed by atoms with van der Waals surface area (Å²) in [6.07, 6.45) is 0.842. The van der Waals surface area contributed by atoms with Crippen LogP contribution in [0, 0.1) is 0 Å². The minimum Gasteiger partial charge on any atom is -0.477 e. The van der Waals surface area contributed by atoms with Gasteiger partial charge in [0.15, 0.2) is 0 Å². The third-order valence-electron chi connectivity index (χ3n) is 2.61. The van der Waals surface area contributed by atoms with Crippen LogP contribution in [0.25, 0.3) is 0 Å². The van der Waals surface area contributed by atoms with Crippen molar-refractivity contribution in [3.05, 3.63) is 33.2 Å². The molecule has 1 aliphatic rings. The maximum atomic E-state index is 11.7. The molecule has 4 nitrogen and oxygen atoms in total. The second-order valence-electron chi connectivity index (χ2n) is 3.50. The van der Waals surface area contributed by atoms with E-state index in [1.54, 1.807) is 18.8 Å². The highest BCUT2D eigenvalue weighted by molar-refractivity contribution is 7.98. The number of aryl methyl sites for hydroxylation is 1. The molecule has 0 unspecified atom stereocenters. The van der Waals surface area contributed by atoms with Gasteiger partial charge in [0.25, 0.3) is 5.56 Å². The molecule has 0 bridgehead atoms. The minimum atomic E-state index is -1.14. The highest BCUT2D eigenvalue weighted by Gasteiger charge is 2.18. The van der Waals surface area contributed by atoms with Crippen LogP contribution in [0.2, 0.25) is 0 Å². The summed E-state index contributed by atoms with van der Waals surface area (Å²) < 4.78 is 1.46. The Balaban J connectivity index is 2.68. The summed E-state index contributed by atoms with van der Waals surface area (Å²) in [5.74, 6) is 0.641. The summed E-state index contributed by atoms with van der Waals surface area (Å²) in [7, 11) is 1.64. The first-order chi connectivity index (χ1) is 7.11. The van der Waals surface area contributed by atoms with Gasteiger partial charge in [-0.3, -0.25) is 4.79 Å². The number of carboxylic acid groups (broad SMARTS) is 1. The van der Waals surface area contributed by atoms with Gasteiger partial charge in [-0.15, -0.1) is 0 Å². The molecule has 80 valence electrons. The maximum Gasteiger partial charge on any atom is 0.341 e. The Labute approximate surface area is 90.9 Å². The van der Waals surface area contributed by atoms with Crippen molar-refractivity contribution in [2.45, 2.75) is 12.2 Å². The summed E-state index contributed by atoms with van der Waals surface area (Å²) in [6, 6.07) is 1.53. The molecule has 0 saturated carbocycles. The smallest absolute Gasteiger partial charge is 0.341 e. The average Bonchev–Trinajstić information content (AvgIpc) is 2.23. The summed E-state index contributed by atoms with van der Waals surface area (Å²) in [6.45, 7) is 0. The third-order valence-corrected chi connectivity index (χ3v) is 3.58. The molecule has 0 atom stereocenters. The van der Waals surface area contributed by atoms with Crippen molar-refractivity contribution in [2.24, 2.45) is 7.05 Å². The van der Waals surface area contributed by atoms with Crippen LogP contribution < -0.4 is 5.56 Å². The molecule has 0 amide bonds. The van der Waals surface area contributed by atoms with E-state index in [0.717, 1.165) is 29.2 Å². The van der Waals surface area contributed by atoms with Gasteiger partial charge in [-0.05, 0) is 23.8 Å². The Morgan fingerprint density at radius 1 is 1.60 bits per heavy atom. The van der Waals surface area contributed by atoms with Crippen molar-refractivity contribution in [1.82, 2.24) is 4.57 Å². The topological polar surface area (TPSA) is 59.3 Å². The van der Waals surface area contributed by atoms with Crippen molar-refractivity contribution in [3.8, 4) is 0 Å². The van der Waals surface area contributed by atoms with Crippen molar-refractivity contribution in [2.75, 3.05) is 5.75 Å². The van der Waals surface area contributed by atoms with E-state index in [2.05, 4.69) is 0 Å². The van der Waals surface area contributed by atoms with Crippen LogP contribution >= 0.6 is 11.8 Å². The number of carbonyl (C=O) groups is 1. The Hall–Kier alpha value is -1.23. The molecule has 15 heavy (non-hydrogen) atoms. The van der Waals surface area contributed by atoms with Gasteiger partial charge in [0.1, 0.15) is 5.56 Å². The molecule has 0 saturated heterocycles. The van der Waals surface area contributed by atoms with Gasteiger partial charge in [0.2, 0.25) is 0 Å². The molecule has 0 aromatic carbocycles. The van der Waals surface area contributed by atoms with E-state index in [0.29, 0.717) is 0 Å². The molecule has 1 aromatic heterocycles. The van der Waals surface area contributed by atoms with E-state index in [4.69, 9.17) is 5.11 Å². The fourth-order valence-electron chi connectivity index (χ4n) is 1.75. The van der Waals surface area contributed by atoms with Crippen LogP contribution in [0.4, 0.5) is 0 Å². The second kappa shape index (κ2) is 3.73. The maximum absolute atomic E-state index is 11.7. The zero-order chi connectivity index (χ0) is 11.0. The minimum absolute atomic E-state index is 0.122. The lowest BCUT2D eigenvalue weighted by Crippen LogP contribution is -2.29. The summed E-state index contributed by atoms with van der Waals surface area (Å²) in [5.41, 5.74) is 1.42. The molecule has 0 spiro atoms. The molecule has 0 radical (unpaired) electrons. The quantitative estimate of drug-likeness (QED) is 0.770. The number of nitrogens with zero attached hydrogens (tertiary/aromatic N) is 1. The van der Waals surface area contributed by atoms with Crippen LogP contribution in [0.5, 0.6) is 0 Å². The Bertz CT molecular complexity index is 478. The number of rotatable bonds is 1. The van der Waals surface area contributed by atoms with Crippen molar-refractivity contribution in [1.29, 1.82) is 0 Å². The van der Waals surface area contributed by atoms with Gasteiger partial charge in [-0.1, -0.05) is 0 Å². The number of aromatic carboxylic acids is 1. The zero-order valence-electron chi connectivity index (χ0n) is 8.32. The average molecular weight is 225 g/mol. The van der Waals surface area contributed by atoms with E-state index in [-0.39, 0.29) is 5.56 Å². The summed E-state index contributed by atoms with van der Waals surface area (Å²) in [5, 5.41) is 8.87. The fourth-order valence-corrected chi connectivity index (χ4v) is 2.83. The lowest BCUT2D eigenvalue weighted by atomic mass is 10.1. The number of fused-ring (bicyclic) bond motifs is 1. The third kappa shape index (κ3) is 1.67. The second-order valence-corrected chi connectivity index (χ2v) is 4.61. The highest BCUT2D eigenvalue weighted by Crippen LogP contribution is 2.23. The van der Waals surface area contributed by atoms with E-state index in [1.807, 2.05) is 0 Å². The molecule has 1 aliphatic heterocycles.